The van der Waals surface area contributed by atoms with E-state index in [0.717, 1.165) is 0 Å². The fourth-order valence-corrected chi connectivity index (χ4v) is 3.91. The highest BCUT2D eigenvalue weighted by molar-refractivity contribution is 9.09. The van der Waals surface area contributed by atoms with Gasteiger partial charge in [-0.3, -0.25) is 0 Å². The van der Waals surface area contributed by atoms with Crippen molar-refractivity contribution in [3.05, 3.63) is 35.9 Å². The number of hydrogen-bond donors (Lipinski definition) is 0. The van der Waals surface area contributed by atoms with E-state index < -0.39 is 0 Å². The average molecular weight is 325 g/mol. The van der Waals surface area contributed by atoms with Crippen LogP contribution in [-0.4, -0.2) is 10.4 Å². The maximum absolute atomic E-state index is 6.38. The first-order valence-electron chi connectivity index (χ1n) is 7.60. The number of unbranched alkanes of at least 4 members (excludes halogenated alkanes) is 2. The lowest BCUT2D eigenvalue weighted by Crippen LogP contribution is -2.56. The summed E-state index contributed by atoms with van der Waals surface area (Å²) in [5.41, 5.74) is 1.37. The van der Waals surface area contributed by atoms with Gasteiger partial charge in [-0.2, -0.15) is 0 Å². The SMILES string of the molecule is CCCCC1(CCCC)O[C@@H](c2ccccc2)[C@@H]1Br. The molecule has 0 aromatic heterocycles. The molecule has 1 aliphatic heterocycles. The average Bonchev–Trinajstić information content (AvgIpc) is 2.46. The number of hydrogen-bond acceptors (Lipinski definition) is 1. The first-order valence-corrected chi connectivity index (χ1v) is 8.52. The molecular weight excluding hydrogens is 300 g/mol. The summed E-state index contributed by atoms with van der Waals surface area (Å²) in [5, 5.41) is 0. The highest BCUT2D eigenvalue weighted by Crippen LogP contribution is 2.52. The van der Waals surface area contributed by atoms with Gasteiger partial charge in [0.1, 0.15) is 0 Å². The van der Waals surface area contributed by atoms with E-state index in [9.17, 15) is 0 Å². The predicted octanol–water partition coefficient (Wildman–Crippen LogP) is 5.64. The van der Waals surface area contributed by atoms with Crippen LogP contribution < -0.4 is 0 Å². The van der Waals surface area contributed by atoms with Crippen molar-refractivity contribution in [2.75, 3.05) is 0 Å². The highest BCUT2D eigenvalue weighted by Gasteiger charge is 2.53. The second-order valence-electron chi connectivity index (χ2n) is 5.62. The van der Waals surface area contributed by atoms with E-state index in [1.165, 1.54) is 44.1 Å². The van der Waals surface area contributed by atoms with Gasteiger partial charge < -0.3 is 4.74 Å². The van der Waals surface area contributed by atoms with Crippen molar-refractivity contribution in [2.45, 2.75) is 68.9 Å². The Morgan fingerprint density at radius 2 is 1.63 bits per heavy atom. The van der Waals surface area contributed by atoms with Crippen molar-refractivity contribution < 1.29 is 4.74 Å². The lowest BCUT2D eigenvalue weighted by molar-refractivity contribution is -0.207. The Morgan fingerprint density at radius 1 is 1.05 bits per heavy atom. The third-order valence-corrected chi connectivity index (χ3v) is 5.48. The Hall–Kier alpha value is -0.340. The van der Waals surface area contributed by atoms with E-state index in [2.05, 4.69) is 60.1 Å². The molecule has 0 spiro atoms. The van der Waals surface area contributed by atoms with E-state index >= 15 is 0 Å². The maximum atomic E-state index is 6.38. The van der Waals surface area contributed by atoms with Crippen LogP contribution in [0.15, 0.2) is 30.3 Å². The molecule has 0 unspecified atom stereocenters. The largest absolute Gasteiger partial charge is 0.365 e. The van der Waals surface area contributed by atoms with Gasteiger partial charge in [-0.25, -0.2) is 0 Å². The van der Waals surface area contributed by atoms with Gasteiger partial charge in [-0.15, -0.1) is 0 Å². The Balaban J connectivity index is 2.03. The molecule has 1 aromatic carbocycles. The van der Waals surface area contributed by atoms with Crippen LogP contribution in [0.25, 0.3) is 0 Å². The zero-order chi connectivity index (χ0) is 13.7. The Labute approximate surface area is 125 Å². The van der Waals surface area contributed by atoms with Gasteiger partial charge in [0.25, 0.3) is 0 Å². The molecule has 0 bridgehead atoms. The highest BCUT2D eigenvalue weighted by atomic mass is 79.9. The van der Waals surface area contributed by atoms with Crippen LogP contribution in [0.4, 0.5) is 0 Å². The Morgan fingerprint density at radius 3 is 2.11 bits per heavy atom. The summed E-state index contributed by atoms with van der Waals surface area (Å²) >= 11 is 3.92. The van der Waals surface area contributed by atoms with Gasteiger partial charge >= 0.3 is 0 Å². The molecule has 2 heteroatoms. The molecule has 1 heterocycles. The third kappa shape index (κ3) is 3.22. The summed E-state index contributed by atoms with van der Waals surface area (Å²) < 4.78 is 6.38. The summed E-state index contributed by atoms with van der Waals surface area (Å²) in [7, 11) is 0. The molecule has 106 valence electrons. The molecular formula is C17H25BrO. The van der Waals surface area contributed by atoms with Crippen LogP contribution >= 0.6 is 15.9 Å². The van der Waals surface area contributed by atoms with Crippen LogP contribution in [0, 0.1) is 0 Å². The molecule has 0 radical (unpaired) electrons. The van der Waals surface area contributed by atoms with E-state index in [4.69, 9.17) is 4.74 Å². The zero-order valence-corrected chi connectivity index (χ0v) is 13.7. The maximum Gasteiger partial charge on any atom is 0.0986 e. The molecule has 0 amide bonds. The lowest BCUT2D eigenvalue weighted by atomic mass is 9.78. The number of alkyl halides is 1. The predicted molar refractivity (Wildman–Crippen MR) is 84.8 cm³/mol. The summed E-state index contributed by atoms with van der Waals surface area (Å²) in [4.78, 5) is 0.459. The van der Waals surface area contributed by atoms with Crippen LogP contribution in [0.1, 0.15) is 64.0 Å². The van der Waals surface area contributed by atoms with Crippen LogP contribution in [0.3, 0.4) is 0 Å². The van der Waals surface area contributed by atoms with Crippen LogP contribution in [-0.2, 0) is 4.74 Å². The molecule has 2 rings (SSSR count). The van der Waals surface area contributed by atoms with E-state index in [1.54, 1.807) is 0 Å². The van der Waals surface area contributed by atoms with Gasteiger partial charge in [0.05, 0.1) is 16.5 Å². The molecule has 1 nitrogen and oxygen atoms in total. The number of ether oxygens (including phenoxy) is 1. The minimum atomic E-state index is 0.0759. The number of benzene rings is 1. The topological polar surface area (TPSA) is 9.23 Å². The summed E-state index contributed by atoms with van der Waals surface area (Å²) in [5.74, 6) is 0. The van der Waals surface area contributed by atoms with Crippen LogP contribution in [0.5, 0.6) is 0 Å². The normalized spacial score (nSPS) is 25.0. The Bertz CT molecular complexity index is 368. The zero-order valence-electron chi connectivity index (χ0n) is 12.1. The molecule has 0 saturated carbocycles. The first-order chi connectivity index (χ1) is 9.23. The molecule has 1 fully saturated rings. The molecule has 0 N–H and O–H groups in total. The molecule has 2 atom stereocenters. The second kappa shape index (κ2) is 6.90. The molecule has 1 saturated heterocycles. The lowest BCUT2D eigenvalue weighted by Gasteiger charge is -2.53. The quantitative estimate of drug-likeness (QED) is 0.589. The molecule has 1 aromatic rings. The van der Waals surface area contributed by atoms with Crippen molar-refractivity contribution in [1.29, 1.82) is 0 Å². The summed E-state index contributed by atoms with van der Waals surface area (Å²) in [6.07, 6.45) is 7.60. The fourth-order valence-electron chi connectivity index (χ4n) is 2.93. The van der Waals surface area contributed by atoms with E-state index in [1.807, 2.05) is 0 Å². The molecule has 0 aliphatic carbocycles. The van der Waals surface area contributed by atoms with Gasteiger partial charge in [-0.05, 0) is 18.4 Å². The molecule has 1 aliphatic rings. The van der Waals surface area contributed by atoms with Gasteiger partial charge in [0.2, 0.25) is 0 Å². The smallest absolute Gasteiger partial charge is 0.0986 e. The first kappa shape index (κ1) is 15.1. The third-order valence-electron chi connectivity index (χ3n) is 4.17. The molecule has 19 heavy (non-hydrogen) atoms. The minimum absolute atomic E-state index is 0.0759. The summed E-state index contributed by atoms with van der Waals surface area (Å²) in [6.45, 7) is 4.51. The van der Waals surface area contributed by atoms with Crippen molar-refractivity contribution in [2.24, 2.45) is 0 Å². The number of halogens is 1. The van der Waals surface area contributed by atoms with Gasteiger partial charge in [0.15, 0.2) is 0 Å². The standard InChI is InChI=1S/C17H25BrO/c1-3-5-12-17(13-6-4-2)16(18)15(19-17)14-10-8-7-9-11-14/h7-11,15-16H,3-6,12-13H2,1-2H3/t15-,16-/m0/s1. The van der Waals surface area contributed by atoms with Crippen molar-refractivity contribution in [1.82, 2.24) is 0 Å². The van der Waals surface area contributed by atoms with Crippen LogP contribution in [0.2, 0.25) is 0 Å². The minimum Gasteiger partial charge on any atom is -0.365 e. The van der Waals surface area contributed by atoms with Crippen molar-refractivity contribution in [3.8, 4) is 0 Å². The van der Waals surface area contributed by atoms with E-state index in [-0.39, 0.29) is 11.7 Å². The van der Waals surface area contributed by atoms with Gasteiger partial charge in [0, 0.05) is 0 Å². The van der Waals surface area contributed by atoms with Crippen molar-refractivity contribution in [3.63, 3.8) is 0 Å². The summed E-state index contributed by atoms with van der Waals surface area (Å²) in [6, 6.07) is 10.6. The second-order valence-corrected chi connectivity index (χ2v) is 6.61. The fraction of sp³-hybridized carbons (Fsp3) is 0.647. The Kier molecular flexibility index (Phi) is 5.47. The van der Waals surface area contributed by atoms with Gasteiger partial charge in [-0.1, -0.05) is 85.8 Å². The monoisotopic (exact) mass is 324 g/mol. The van der Waals surface area contributed by atoms with Crippen molar-refractivity contribution >= 4 is 15.9 Å². The van der Waals surface area contributed by atoms with E-state index in [0.29, 0.717) is 4.83 Å². The number of rotatable bonds is 7.